The summed E-state index contributed by atoms with van der Waals surface area (Å²) in [6, 6.07) is 18.0. The van der Waals surface area contributed by atoms with E-state index in [0.29, 0.717) is 6.42 Å². The number of carbonyl (C=O) groups excluding carboxylic acids is 1. The van der Waals surface area contributed by atoms with E-state index < -0.39 is 0 Å². The van der Waals surface area contributed by atoms with Crippen LogP contribution in [0.2, 0.25) is 0 Å². The molecule has 1 spiro atoms. The van der Waals surface area contributed by atoms with Gasteiger partial charge in [-0.25, -0.2) is 0 Å². The molecule has 3 aromatic rings. The fourth-order valence-corrected chi connectivity index (χ4v) is 5.15. The highest BCUT2D eigenvalue weighted by Crippen LogP contribution is 2.39. The lowest BCUT2D eigenvalue weighted by molar-refractivity contribution is -0.133. The highest BCUT2D eigenvalue weighted by atomic mass is 16.5. The second-order valence-corrected chi connectivity index (χ2v) is 8.94. The maximum atomic E-state index is 12.9. The number of fused-ring (bicyclic) bond motifs is 2. The predicted molar refractivity (Wildman–Crippen MR) is 122 cm³/mol. The highest BCUT2D eigenvalue weighted by Gasteiger charge is 2.44. The molecule has 166 valence electrons. The molecule has 2 aliphatic rings. The van der Waals surface area contributed by atoms with Gasteiger partial charge in [-0.05, 0) is 49.7 Å². The van der Waals surface area contributed by atoms with Gasteiger partial charge in [0.2, 0.25) is 5.91 Å². The van der Waals surface area contributed by atoms with Crippen molar-refractivity contribution >= 4 is 5.91 Å². The summed E-state index contributed by atoms with van der Waals surface area (Å²) < 4.78 is 7.67. The maximum Gasteiger partial charge on any atom is 0.226 e. The first-order valence-electron chi connectivity index (χ1n) is 11.2. The van der Waals surface area contributed by atoms with Gasteiger partial charge in [-0.15, -0.1) is 10.2 Å². The monoisotopic (exact) mass is 431 g/mol. The van der Waals surface area contributed by atoms with Crippen molar-refractivity contribution in [2.75, 3.05) is 33.8 Å². The molecule has 7 nitrogen and oxygen atoms in total. The molecular weight excluding hydrogens is 402 g/mol. The number of carbonyl (C=O) groups is 1. The fourth-order valence-electron chi connectivity index (χ4n) is 5.15. The van der Waals surface area contributed by atoms with Crippen molar-refractivity contribution < 1.29 is 9.53 Å². The Hall–Kier alpha value is -3.19. The number of benzene rings is 2. The second-order valence-electron chi connectivity index (χ2n) is 8.94. The van der Waals surface area contributed by atoms with E-state index in [1.807, 2.05) is 59.5 Å². The summed E-state index contributed by atoms with van der Waals surface area (Å²) in [5.41, 5.74) is 2.00. The van der Waals surface area contributed by atoms with Crippen LogP contribution in [0.3, 0.4) is 0 Å². The van der Waals surface area contributed by atoms with Crippen LogP contribution in [-0.4, -0.2) is 64.3 Å². The number of aromatic nitrogens is 3. The van der Waals surface area contributed by atoms with E-state index in [4.69, 9.17) is 4.74 Å². The lowest BCUT2D eigenvalue weighted by Crippen LogP contribution is -2.56. The Balaban J connectivity index is 1.39. The Morgan fingerprint density at radius 1 is 1.03 bits per heavy atom. The van der Waals surface area contributed by atoms with E-state index >= 15 is 0 Å². The Morgan fingerprint density at radius 2 is 1.75 bits per heavy atom. The number of rotatable bonds is 4. The van der Waals surface area contributed by atoms with E-state index in [0.717, 1.165) is 67.5 Å². The number of piperidine rings is 1. The molecule has 2 aliphatic heterocycles. The summed E-state index contributed by atoms with van der Waals surface area (Å²) in [5, 5.41) is 9.13. The molecular formula is C25H29N5O2. The first-order chi connectivity index (χ1) is 15.6. The topological polar surface area (TPSA) is 63.5 Å². The Bertz CT molecular complexity index is 1090. The van der Waals surface area contributed by atoms with Crippen molar-refractivity contribution in [3.8, 4) is 17.1 Å². The van der Waals surface area contributed by atoms with Crippen LogP contribution in [0, 0.1) is 0 Å². The van der Waals surface area contributed by atoms with Crippen LogP contribution in [0.5, 0.6) is 5.75 Å². The third kappa shape index (κ3) is 3.77. The number of likely N-dealkylation sites (tertiary alicyclic amines) is 1. The van der Waals surface area contributed by atoms with E-state index in [-0.39, 0.29) is 11.4 Å². The van der Waals surface area contributed by atoms with Crippen LogP contribution in [0.4, 0.5) is 0 Å². The van der Waals surface area contributed by atoms with Crippen molar-refractivity contribution in [3.63, 3.8) is 0 Å². The van der Waals surface area contributed by atoms with Gasteiger partial charge in [0.05, 0.1) is 25.6 Å². The maximum absolute atomic E-state index is 12.9. The van der Waals surface area contributed by atoms with Crippen LogP contribution in [0.15, 0.2) is 54.6 Å². The summed E-state index contributed by atoms with van der Waals surface area (Å²) in [7, 11) is 3.81. The van der Waals surface area contributed by atoms with Crippen LogP contribution in [-0.2, 0) is 23.3 Å². The molecule has 0 atom stereocenters. The number of methoxy groups -OCH3 is 1. The molecule has 2 aromatic carbocycles. The van der Waals surface area contributed by atoms with Crippen molar-refractivity contribution in [2.45, 2.75) is 31.3 Å². The summed E-state index contributed by atoms with van der Waals surface area (Å²) in [6.45, 7) is 3.21. The van der Waals surface area contributed by atoms with Gasteiger partial charge < -0.3 is 14.2 Å². The van der Waals surface area contributed by atoms with Gasteiger partial charge in [-0.2, -0.15) is 0 Å². The third-order valence-electron chi connectivity index (χ3n) is 6.77. The predicted octanol–water partition coefficient (Wildman–Crippen LogP) is 2.96. The lowest BCUT2D eigenvalue weighted by Gasteiger charge is -2.48. The van der Waals surface area contributed by atoms with Gasteiger partial charge in [0, 0.05) is 25.2 Å². The van der Waals surface area contributed by atoms with Crippen molar-refractivity contribution in [1.29, 1.82) is 0 Å². The van der Waals surface area contributed by atoms with Crippen LogP contribution >= 0.6 is 0 Å². The molecule has 1 fully saturated rings. The molecule has 0 saturated carbocycles. The number of ether oxygens (including phenoxy) is 1. The molecule has 0 aliphatic carbocycles. The second kappa shape index (κ2) is 8.39. The third-order valence-corrected chi connectivity index (χ3v) is 6.77. The number of likely N-dealkylation sites (N-methyl/N-ethyl adjacent to an activating group) is 1. The lowest BCUT2D eigenvalue weighted by atomic mass is 9.84. The van der Waals surface area contributed by atoms with Gasteiger partial charge >= 0.3 is 0 Å². The number of hydrogen-bond donors (Lipinski definition) is 0. The minimum atomic E-state index is -0.107. The van der Waals surface area contributed by atoms with Gasteiger partial charge in [0.15, 0.2) is 5.82 Å². The van der Waals surface area contributed by atoms with Gasteiger partial charge in [0.25, 0.3) is 0 Å². The van der Waals surface area contributed by atoms with E-state index in [2.05, 4.69) is 26.7 Å². The molecule has 5 rings (SSSR count). The average Bonchev–Trinajstić information content (AvgIpc) is 3.25. The van der Waals surface area contributed by atoms with Crippen molar-refractivity contribution in [3.05, 3.63) is 66.0 Å². The molecule has 0 radical (unpaired) electrons. The largest absolute Gasteiger partial charge is 0.497 e. The van der Waals surface area contributed by atoms with Gasteiger partial charge in [-0.1, -0.05) is 30.3 Å². The molecule has 3 heterocycles. The van der Waals surface area contributed by atoms with E-state index in [9.17, 15) is 4.79 Å². The van der Waals surface area contributed by atoms with Crippen molar-refractivity contribution in [2.24, 2.45) is 0 Å². The fraction of sp³-hybridized carbons (Fsp3) is 0.400. The molecule has 32 heavy (non-hydrogen) atoms. The zero-order chi connectivity index (χ0) is 22.1. The smallest absolute Gasteiger partial charge is 0.226 e. The number of amides is 1. The molecule has 1 amide bonds. The normalized spacial score (nSPS) is 17.9. The molecule has 7 heteroatoms. The molecule has 0 unspecified atom stereocenters. The minimum absolute atomic E-state index is 0.107. The van der Waals surface area contributed by atoms with E-state index in [1.54, 1.807) is 7.11 Å². The number of nitrogens with zero attached hydrogens (tertiary/aromatic N) is 5. The number of hydrogen-bond acceptors (Lipinski definition) is 5. The summed E-state index contributed by atoms with van der Waals surface area (Å²) >= 11 is 0. The highest BCUT2D eigenvalue weighted by molar-refractivity contribution is 5.78. The first-order valence-corrected chi connectivity index (χ1v) is 11.2. The summed E-state index contributed by atoms with van der Waals surface area (Å²) in [5.74, 6) is 2.93. The van der Waals surface area contributed by atoms with Gasteiger partial charge in [0.1, 0.15) is 11.6 Å². The van der Waals surface area contributed by atoms with E-state index in [1.165, 1.54) is 0 Å². The van der Waals surface area contributed by atoms with Crippen molar-refractivity contribution in [1.82, 2.24) is 24.6 Å². The zero-order valence-electron chi connectivity index (χ0n) is 18.7. The SMILES string of the molecule is COc1ccc(-c2nnc3n2C2(CCN(C(=O)Cc4ccccc4)CC2)CN(C)C3)cc1. The zero-order valence-corrected chi connectivity index (χ0v) is 18.7. The van der Waals surface area contributed by atoms with Crippen LogP contribution in [0.25, 0.3) is 11.4 Å². The standard InChI is InChI=1S/C25H29N5O2/c1-28-17-22-26-27-24(20-8-10-21(32-2)11-9-20)30(22)25(18-28)12-14-29(15-13-25)23(31)16-19-6-4-3-5-7-19/h3-11H,12-18H2,1-2H3. The summed E-state index contributed by atoms with van der Waals surface area (Å²) in [6.07, 6.45) is 2.25. The molecule has 1 aromatic heterocycles. The first kappa shape index (κ1) is 20.7. The minimum Gasteiger partial charge on any atom is -0.497 e. The van der Waals surface area contributed by atoms with Crippen LogP contribution < -0.4 is 4.74 Å². The molecule has 1 saturated heterocycles. The Kier molecular flexibility index (Phi) is 5.43. The molecule has 0 bridgehead atoms. The van der Waals surface area contributed by atoms with Gasteiger partial charge in [-0.3, -0.25) is 9.69 Å². The molecule has 0 N–H and O–H groups in total. The average molecular weight is 432 g/mol. The van der Waals surface area contributed by atoms with Crippen LogP contribution in [0.1, 0.15) is 24.2 Å². The quantitative estimate of drug-likeness (QED) is 0.636. The Morgan fingerprint density at radius 3 is 2.44 bits per heavy atom. The Labute approximate surface area is 188 Å². The summed E-state index contributed by atoms with van der Waals surface area (Å²) in [4.78, 5) is 17.3.